The van der Waals surface area contributed by atoms with Crippen molar-refractivity contribution in [2.75, 3.05) is 11.9 Å². The van der Waals surface area contributed by atoms with E-state index in [4.69, 9.17) is 4.74 Å². The molecule has 0 saturated heterocycles. The van der Waals surface area contributed by atoms with Gasteiger partial charge in [0.25, 0.3) is 5.91 Å². The highest BCUT2D eigenvalue weighted by atomic mass is 16.6. The molecule has 2 atom stereocenters. The molecule has 3 amide bonds. The van der Waals surface area contributed by atoms with E-state index in [2.05, 4.69) is 10.6 Å². The summed E-state index contributed by atoms with van der Waals surface area (Å²) in [4.78, 5) is 42.4. The van der Waals surface area contributed by atoms with Crippen molar-refractivity contribution in [2.24, 2.45) is 5.92 Å². The minimum Gasteiger partial charge on any atom is -0.444 e. The number of likely N-dealkylation sites (N-methyl/N-ethyl adjacent to an activating group) is 1. The summed E-state index contributed by atoms with van der Waals surface area (Å²) in [6.07, 6.45) is -0.247. The van der Waals surface area contributed by atoms with E-state index in [0.717, 1.165) is 33.5 Å². The van der Waals surface area contributed by atoms with Gasteiger partial charge in [0.2, 0.25) is 5.91 Å². The number of aryl methyl sites for hydroxylation is 4. The smallest absolute Gasteiger partial charge is 0.408 e. The van der Waals surface area contributed by atoms with Gasteiger partial charge in [0.15, 0.2) is 0 Å². The molecule has 0 aliphatic heterocycles. The molecule has 0 aliphatic rings. The quantitative estimate of drug-likeness (QED) is 0.399. The number of hydrogen-bond acceptors (Lipinski definition) is 4. The average molecular weight is 524 g/mol. The third kappa shape index (κ3) is 8.07. The van der Waals surface area contributed by atoms with Gasteiger partial charge in [-0.2, -0.15) is 0 Å². The lowest BCUT2D eigenvalue weighted by atomic mass is 9.92. The fourth-order valence-electron chi connectivity index (χ4n) is 4.70. The van der Waals surface area contributed by atoms with E-state index in [0.29, 0.717) is 6.42 Å². The van der Waals surface area contributed by atoms with Gasteiger partial charge in [-0.1, -0.05) is 50.2 Å². The number of ether oxygens (including phenoxy) is 1. The molecular weight excluding hydrogens is 478 g/mol. The summed E-state index contributed by atoms with van der Waals surface area (Å²) in [5, 5.41) is 5.89. The Bertz CT molecular complexity index is 1110. The predicted octanol–water partition coefficient (Wildman–Crippen LogP) is 6.39. The maximum atomic E-state index is 14.1. The first-order valence-electron chi connectivity index (χ1n) is 13.4. The molecule has 2 aromatic rings. The Balaban J connectivity index is 2.57. The topological polar surface area (TPSA) is 87.7 Å². The van der Waals surface area contributed by atoms with Gasteiger partial charge in [0.1, 0.15) is 17.7 Å². The van der Waals surface area contributed by atoms with Crippen molar-refractivity contribution >= 4 is 23.6 Å². The highest BCUT2D eigenvalue weighted by molar-refractivity contribution is 6.00. The van der Waals surface area contributed by atoms with Gasteiger partial charge in [-0.25, -0.2) is 4.79 Å². The fourth-order valence-corrected chi connectivity index (χ4v) is 4.70. The number of amides is 3. The van der Waals surface area contributed by atoms with Crippen LogP contribution in [0.25, 0.3) is 0 Å². The Labute approximate surface area is 228 Å². The largest absolute Gasteiger partial charge is 0.444 e. The van der Waals surface area contributed by atoms with Crippen LogP contribution in [0.15, 0.2) is 36.4 Å². The minimum atomic E-state index is -0.886. The molecule has 2 N–H and O–H groups in total. The van der Waals surface area contributed by atoms with Crippen LogP contribution in [0.3, 0.4) is 0 Å². The first-order valence-corrected chi connectivity index (χ1v) is 13.4. The zero-order chi connectivity index (χ0) is 28.8. The van der Waals surface area contributed by atoms with Crippen LogP contribution in [0.5, 0.6) is 0 Å². The first kappa shape index (κ1) is 30.9. The van der Waals surface area contributed by atoms with Crippen molar-refractivity contribution in [1.82, 2.24) is 10.2 Å². The number of rotatable bonds is 9. The van der Waals surface area contributed by atoms with Crippen LogP contribution in [0.2, 0.25) is 0 Å². The number of alkyl carbamates (subject to hydrolysis) is 1. The number of hydrogen-bond donors (Lipinski definition) is 2. The van der Waals surface area contributed by atoms with E-state index >= 15 is 0 Å². The van der Waals surface area contributed by atoms with Gasteiger partial charge >= 0.3 is 6.09 Å². The lowest BCUT2D eigenvalue weighted by molar-refractivity contribution is -0.140. The molecule has 0 aromatic heterocycles. The van der Waals surface area contributed by atoms with E-state index in [1.807, 2.05) is 84.9 Å². The van der Waals surface area contributed by atoms with Gasteiger partial charge in [0, 0.05) is 12.2 Å². The Kier molecular flexibility index (Phi) is 10.5. The van der Waals surface area contributed by atoms with Crippen LogP contribution in [0.1, 0.15) is 81.8 Å². The van der Waals surface area contributed by atoms with Crippen molar-refractivity contribution in [3.8, 4) is 0 Å². The zero-order valence-corrected chi connectivity index (χ0v) is 24.7. The maximum absolute atomic E-state index is 14.1. The Morgan fingerprint density at radius 2 is 1.39 bits per heavy atom. The maximum Gasteiger partial charge on any atom is 0.408 e. The average Bonchev–Trinajstić information content (AvgIpc) is 2.78. The van der Waals surface area contributed by atoms with E-state index < -0.39 is 23.8 Å². The molecule has 7 heteroatoms. The molecule has 0 bridgehead atoms. The van der Waals surface area contributed by atoms with Crippen molar-refractivity contribution < 1.29 is 19.1 Å². The molecule has 2 rings (SSSR count). The summed E-state index contributed by atoms with van der Waals surface area (Å²) in [6, 6.07) is 9.95. The summed E-state index contributed by atoms with van der Waals surface area (Å²) < 4.78 is 5.45. The van der Waals surface area contributed by atoms with E-state index in [-0.39, 0.29) is 24.3 Å². The highest BCUT2D eigenvalue weighted by Gasteiger charge is 2.37. The number of nitrogens with one attached hydrogen (secondary N) is 2. The third-order valence-electron chi connectivity index (χ3n) is 6.42. The van der Waals surface area contributed by atoms with Crippen LogP contribution < -0.4 is 10.6 Å². The number of nitrogens with zero attached hydrogens (tertiary/aromatic N) is 1. The van der Waals surface area contributed by atoms with E-state index in [1.54, 1.807) is 25.7 Å². The van der Waals surface area contributed by atoms with Crippen LogP contribution in [0.4, 0.5) is 10.5 Å². The SMILES string of the molecule is CCN(C(=O)C(CC(C)C)NC(=O)OC(C)(C)C)C(C(=O)Nc1c(C)cccc1C)c1c(C)cccc1C. The Hall–Kier alpha value is -3.35. The first-order chi connectivity index (χ1) is 17.7. The van der Waals surface area contributed by atoms with Crippen LogP contribution >= 0.6 is 0 Å². The molecule has 0 radical (unpaired) electrons. The third-order valence-corrected chi connectivity index (χ3v) is 6.42. The standard InChI is InChI=1S/C31H45N3O4/c1-11-34(29(36)24(18-19(2)3)32-30(37)38-31(8,9)10)27(25-20(4)14-12-15-21(25)5)28(35)33-26-22(6)16-13-17-23(26)7/h12-17,19,24,27H,11,18H2,1-10H3,(H,32,37)(H,33,35). The number of carbonyl (C=O) groups is 3. The molecule has 0 heterocycles. The number of carbonyl (C=O) groups excluding carboxylic acids is 3. The molecule has 38 heavy (non-hydrogen) atoms. The monoisotopic (exact) mass is 523 g/mol. The van der Waals surface area contributed by atoms with Crippen molar-refractivity contribution in [3.63, 3.8) is 0 Å². The normalized spacial score (nSPS) is 13.0. The van der Waals surface area contributed by atoms with Gasteiger partial charge in [-0.3, -0.25) is 9.59 Å². The van der Waals surface area contributed by atoms with E-state index in [1.165, 1.54) is 0 Å². The Morgan fingerprint density at radius 1 is 0.895 bits per heavy atom. The molecule has 0 spiro atoms. The summed E-state index contributed by atoms with van der Waals surface area (Å²) in [7, 11) is 0. The number of anilines is 1. The summed E-state index contributed by atoms with van der Waals surface area (Å²) in [5.74, 6) is -0.494. The second kappa shape index (κ2) is 12.9. The van der Waals surface area contributed by atoms with Crippen LogP contribution in [-0.4, -0.2) is 41.0 Å². The molecular formula is C31H45N3O4. The van der Waals surface area contributed by atoms with Crippen molar-refractivity contribution in [2.45, 2.75) is 93.3 Å². The predicted molar refractivity (Wildman–Crippen MR) is 153 cm³/mol. The molecule has 2 aromatic carbocycles. The molecule has 0 aliphatic carbocycles. The van der Waals surface area contributed by atoms with E-state index in [9.17, 15) is 14.4 Å². The lowest BCUT2D eigenvalue weighted by Crippen LogP contribution is -2.53. The summed E-state index contributed by atoms with van der Waals surface area (Å²) >= 11 is 0. The van der Waals surface area contributed by atoms with Gasteiger partial charge in [0.05, 0.1) is 0 Å². The Morgan fingerprint density at radius 3 is 1.84 bits per heavy atom. The summed E-state index contributed by atoms with van der Waals surface area (Å²) in [5.41, 5.74) is 4.53. The number of benzene rings is 2. The van der Waals surface area contributed by atoms with Gasteiger partial charge < -0.3 is 20.3 Å². The van der Waals surface area contributed by atoms with Crippen molar-refractivity contribution in [1.29, 1.82) is 0 Å². The lowest BCUT2D eigenvalue weighted by Gasteiger charge is -2.35. The molecule has 208 valence electrons. The molecule has 2 unspecified atom stereocenters. The molecule has 7 nitrogen and oxygen atoms in total. The second-order valence-electron chi connectivity index (χ2n) is 11.4. The molecule has 0 fully saturated rings. The molecule has 0 saturated carbocycles. The summed E-state index contributed by atoms with van der Waals surface area (Å²) in [6.45, 7) is 19.2. The zero-order valence-electron chi connectivity index (χ0n) is 24.7. The van der Waals surface area contributed by atoms with Crippen LogP contribution in [0, 0.1) is 33.6 Å². The number of para-hydroxylation sites is 1. The van der Waals surface area contributed by atoms with Crippen LogP contribution in [-0.2, 0) is 14.3 Å². The van der Waals surface area contributed by atoms with Gasteiger partial charge in [-0.15, -0.1) is 0 Å². The minimum absolute atomic E-state index is 0.125. The van der Waals surface area contributed by atoms with Gasteiger partial charge in [-0.05, 0) is 95.5 Å². The fraction of sp³-hybridized carbons (Fsp3) is 0.516. The second-order valence-corrected chi connectivity index (χ2v) is 11.4. The van der Waals surface area contributed by atoms with Crippen molar-refractivity contribution in [3.05, 3.63) is 64.2 Å². The highest BCUT2D eigenvalue weighted by Crippen LogP contribution is 2.31.